The van der Waals surface area contributed by atoms with Gasteiger partial charge in [-0.15, -0.1) is 0 Å². The van der Waals surface area contributed by atoms with Gasteiger partial charge in [0, 0.05) is 30.1 Å². The number of aromatic amines is 1. The molecule has 0 saturated carbocycles. The first kappa shape index (κ1) is 23.2. The van der Waals surface area contributed by atoms with Gasteiger partial charge in [0.1, 0.15) is 17.1 Å². The molecule has 36 heavy (non-hydrogen) atoms. The van der Waals surface area contributed by atoms with Crippen LogP contribution in [0, 0.1) is 6.92 Å². The van der Waals surface area contributed by atoms with Gasteiger partial charge in [-0.2, -0.15) is 5.10 Å². The molecule has 184 valence electrons. The molecule has 9 nitrogen and oxygen atoms in total. The van der Waals surface area contributed by atoms with Crippen LogP contribution in [0.15, 0.2) is 54.9 Å². The molecule has 4 aromatic rings. The minimum atomic E-state index is -0.546. The summed E-state index contributed by atoms with van der Waals surface area (Å²) >= 11 is 0. The highest BCUT2D eigenvalue weighted by Gasteiger charge is 2.43. The summed E-state index contributed by atoms with van der Waals surface area (Å²) in [5.74, 6) is 1.26. The third-order valence-corrected chi connectivity index (χ3v) is 6.35. The molecule has 0 aliphatic carbocycles. The normalized spacial score (nSPS) is 14.6. The molecule has 0 radical (unpaired) electrons. The fraction of sp³-hybridized carbons (Fsp3) is 0.222. The number of aromatic nitrogens is 3. The zero-order valence-electron chi connectivity index (χ0n) is 20.4. The number of aryl methyl sites for hydroxylation is 1. The SMILES string of the molecule is COc1cc(C2c3c(-c4cc(C)ccc4O)n[nH]c3C(=O)N2Cc2cccnc2)cc(OC)c1OC. The molecular formula is C27H26N4O5. The van der Waals surface area contributed by atoms with Gasteiger partial charge < -0.3 is 24.2 Å². The fourth-order valence-corrected chi connectivity index (χ4v) is 4.70. The molecule has 2 aromatic carbocycles. The van der Waals surface area contributed by atoms with Crippen LogP contribution in [0.5, 0.6) is 23.0 Å². The summed E-state index contributed by atoms with van der Waals surface area (Å²) in [5, 5.41) is 18.1. The van der Waals surface area contributed by atoms with Gasteiger partial charge in [-0.3, -0.25) is 14.9 Å². The summed E-state index contributed by atoms with van der Waals surface area (Å²) in [6.07, 6.45) is 3.43. The Morgan fingerprint density at radius 2 is 1.81 bits per heavy atom. The molecule has 3 heterocycles. The minimum Gasteiger partial charge on any atom is -0.507 e. The van der Waals surface area contributed by atoms with Gasteiger partial charge in [-0.05, 0) is 48.4 Å². The van der Waals surface area contributed by atoms with Crippen molar-refractivity contribution in [1.29, 1.82) is 0 Å². The number of nitrogens with one attached hydrogen (secondary N) is 1. The van der Waals surface area contributed by atoms with Gasteiger partial charge in [-0.1, -0.05) is 17.7 Å². The number of methoxy groups -OCH3 is 3. The molecule has 1 aliphatic heterocycles. The van der Waals surface area contributed by atoms with E-state index >= 15 is 0 Å². The molecule has 0 saturated heterocycles. The van der Waals surface area contributed by atoms with Crippen LogP contribution in [0.25, 0.3) is 11.3 Å². The maximum atomic E-state index is 13.7. The van der Waals surface area contributed by atoms with Crippen LogP contribution in [0.2, 0.25) is 0 Å². The van der Waals surface area contributed by atoms with Crippen molar-refractivity contribution < 1.29 is 24.1 Å². The number of ether oxygens (including phenoxy) is 3. The first-order chi connectivity index (χ1) is 17.5. The molecule has 1 aliphatic rings. The lowest BCUT2D eigenvalue weighted by Gasteiger charge is -2.27. The number of carbonyl (C=O) groups is 1. The number of H-pyrrole nitrogens is 1. The monoisotopic (exact) mass is 486 g/mol. The van der Waals surface area contributed by atoms with Crippen LogP contribution in [0.4, 0.5) is 0 Å². The molecule has 0 bridgehead atoms. The average Bonchev–Trinajstić information content (AvgIpc) is 3.44. The lowest BCUT2D eigenvalue weighted by atomic mass is 9.94. The molecule has 1 atom stereocenters. The largest absolute Gasteiger partial charge is 0.507 e. The minimum absolute atomic E-state index is 0.0803. The number of phenolic OH excluding ortho intramolecular Hbond substituents is 1. The van der Waals surface area contributed by atoms with Crippen molar-refractivity contribution in [2.75, 3.05) is 21.3 Å². The van der Waals surface area contributed by atoms with Crippen LogP contribution in [0.3, 0.4) is 0 Å². The maximum Gasteiger partial charge on any atom is 0.273 e. The highest BCUT2D eigenvalue weighted by atomic mass is 16.5. The van der Waals surface area contributed by atoms with E-state index in [1.807, 2.05) is 43.3 Å². The number of hydrogen-bond acceptors (Lipinski definition) is 7. The number of phenols is 1. The summed E-state index contributed by atoms with van der Waals surface area (Å²) in [6.45, 7) is 2.25. The molecule has 2 aromatic heterocycles. The van der Waals surface area contributed by atoms with E-state index in [9.17, 15) is 9.90 Å². The zero-order chi connectivity index (χ0) is 25.4. The Kier molecular flexibility index (Phi) is 5.97. The van der Waals surface area contributed by atoms with Crippen LogP contribution >= 0.6 is 0 Å². The van der Waals surface area contributed by atoms with Crippen LogP contribution in [0.1, 0.15) is 38.8 Å². The van der Waals surface area contributed by atoms with Gasteiger partial charge in [0.05, 0.1) is 27.4 Å². The second kappa shape index (κ2) is 9.26. The van der Waals surface area contributed by atoms with Crippen LogP contribution < -0.4 is 14.2 Å². The molecule has 9 heteroatoms. The lowest BCUT2D eigenvalue weighted by molar-refractivity contribution is 0.0729. The number of aromatic hydroxyl groups is 1. The van der Waals surface area contributed by atoms with Crippen LogP contribution in [-0.2, 0) is 6.54 Å². The summed E-state index contributed by atoms with van der Waals surface area (Å²) < 4.78 is 16.7. The molecule has 5 rings (SSSR count). The Balaban J connectivity index is 1.73. The number of amides is 1. The molecular weight excluding hydrogens is 460 g/mol. The fourth-order valence-electron chi connectivity index (χ4n) is 4.70. The van der Waals surface area contributed by atoms with Gasteiger partial charge >= 0.3 is 0 Å². The van der Waals surface area contributed by atoms with Crippen molar-refractivity contribution in [3.05, 3.63) is 82.8 Å². The number of pyridine rings is 1. The number of nitrogens with zero attached hydrogens (tertiary/aromatic N) is 3. The Morgan fingerprint density at radius 1 is 1.06 bits per heavy atom. The average molecular weight is 487 g/mol. The highest BCUT2D eigenvalue weighted by molar-refractivity contribution is 6.00. The second-order valence-corrected chi connectivity index (χ2v) is 8.54. The van der Waals surface area contributed by atoms with E-state index in [2.05, 4.69) is 15.2 Å². The van der Waals surface area contributed by atoms with Crippen molar-refractivity contribution in [2.24, 2.45) is 0 Å². The smallest absolute Gasteiger partial charge is 0.273 e. The van der Waals surface area contributed by atoms with Gasteiger partial charge in [0.15, 0.2) is 11.5 Å². The van der Waals surface area contributed by atoms with Crippen LogP contribution in [-0.4, -0.2) is 52.4 Å². The first-order valence-electron chi connectivity index (χ1n) is 11.3. The summed E-state index contributed by atoms with van der Waals surface area (Å²) in [6, 6.07) is 12.2. The zero-order valence-corrected chi connectivity index (χ0v) is 20.4. The van der Waals surface area contributed by atoms with Crippen molar-refractivity contribution in [3.8, 4) is 34.3 Å². The van der Waals surface area contributed by atoms with E-state index in [0.29, 0.717) is 46.3 Å². The van der Waals surface area contributed by atoms with E-state index in [1.54, 1.807) is 44.7 Å². The Bertz CT molecular complexity index is 1410. The molecule has 1 amide bonds. The molecule has 0 fully saturated rings. The van der Waals surface area contributed by atoms with Crippen molar-refractivity contribution >= 4 is 5.91 Å². The summed E-state index contributed by atoms with van der Waals surface area (Å²) in [5.41, 5.74) is 4.66. The number of benzene rings is 2. The van der Waals surface area contributed by atoms with Gasteiger partial charge in [-0.25, -0.2) is 0 Å². The first-order valence-corrected chi connectivity index (χ1v) is 11.3. The van der Waals surface area contributed by atoms with E-state index in [1.165, 1.54) is 0 Å². The van der Waals surface area contributed by atoms with Crippen molar-refractivity contribution in [1.82, 2.24) is 20.1 Å². The third kappa shape index (κ3) is 3.78. The maximum absolute atomic E-state index is 13.7. The quantitative estimate of drug-likeness (QED) is 0.402. The molecule has 2 N–H and O–H groups in total. The lowest BCUT2D eigenvalue weighted by Crippen LogP contribution is -2.29. The standard InChI is InChI=1S/C27H26N4O5/c1-15-7-8-19(32)18(10-15)23-22-24(30-29-23)27(33)31(14-16-6-5-9-28-13-16)25(22)17-11-20(34-2)26(36-4)21(12-17)35-3/h5-13,25,32H,14H2,1-4H3,(H,29,30). The Labute approximate surface area is 208 Å². The predicted octanol–water partition coefficient (Wildman–Crippen LogP) is 4.26. The predicted molar refractivity (Wildman–Crippen MR) is 132 cm³/mol. The number of hydrogen-bond donors (Lipinski definition) is 2. The summed E-state index contributed by atoms with van der Waals surface area (Å²) in [4.78, 5) is 19.6. The Morgan fingerprint density at radius 3 is 2.44 bits per heavy atom. The second-order valence-electron chi connectivity index (χ2n) is 8.54. The molecule has 1 unspecified atom stereocenters. The van der Waals surface area contributed by atoms with E-state index < -0.39 is 6.04 Å². The van der Waals surface area contributed by atoms with E-state index in [0.717, 1.165) is 16.7 Å². The van der Waals surface area contributed by atoms with Gasteiger partial charge in [0.25, 0.3) is 5.91 Å². The Hall–Kier alpha value is -4.53. The number of fused-ring (bicyclic) bond motifs is 1. The number of rotatable bonds is 7. The summed E-state index contributed by atoms with van der Waals surface area (Å²) in [7, 11) is 4.64. The highest BCUT2D eigenvalue weighted by Crippen LogP contribution is 2.48. The van der Waals surface area contributed by atoms with Gasteiger partial charge in [0.2, 0.25) is 5.75 Å². The third-order valence-electron chi connectivity index (χ3n) is 6.35. The van der Waals surface area contributed by atoms with Crippen molar-refractivity contribution in [3.63, 3.8) is 0 Å². The van der Waals surface area contributed by atoms with E-state index in [4.69, 9.17) is 14.2 Å². The van der Waals surface area contributed by atoms with Crippen molar-refractivity contribution in [2.45, 2.75) is 19.5 Å². The van der Waals surface area contributed by atoms with E-state index in [-0.39, 0.29) is 11.7 Å². The molecule has 0 spiro atoms. The number of carbonyl (C=O) groups excluding carboxylic acids is 1. The topological polar surface area (TPSA) is 110 Å².